The van der Waals surface area contributed by atoms with Crippen LogP contribution in [0.15, 0.2) is 0 Å². The molecule has 1 nitrogen and oxygen atoms in total. The molecule has 0 bridgehead atoms. The van der Waals surface area contributed by atoms with E-state index in [9.17, 15) is 4.79 Å². The normalized spacial score (nSPS) is 39.3. The van der Waals surface area contributed by atoms with E-state index in [1.807, 2.05) is 0 Å². The van der Waals surface area contributed by atoms with Gasteiger partial charge in [0.2, 0.25) is 0 Å². The zero-order chi connectivity index (χ0) is 12.3. The van der Waals surface area contributed by atoms with E-state index in [0.29, 0.717) is 11.7 Å². The summed E-state index contributed by atoms with van der Waals surface area (Å²) in [6, 6.07) is 0. The van der Waals surface area contributed by atoms with Gasteiger partial charge in [-0.15, -0.1) is 0 Å². The number of hydrogen-bond acceptors (Lipinski definition) is 1. The van der Waals surface area contributed by atoms with E-state index in [4.69, 9.17) is 0 Å². The molecule has 4 unspecified atom stereocenters. The molecule has 2 aliphatic carbocycles. The molecule has 2 fully saturated rings. The zero-order valence-electron chi connectivity index (χ0n) is 11.6. The van der Waals surface area contributed by atoms with Crippen LogP contribution in [0.5, 0.6) is 0 Å². The summed E-state index contributed by atoms with van der Waals surface area (Å²) < 4.78 is 0. The molecule has 17 heavy (non-hydrogen) atoms. The SMILES string of the molecule is CCCC1CCC(=O)C(C2CCCC(C)C2)C1. The Bertz CT molecular complexity index is 258. The Labute approximate surface area is 106 Å². The molecule has 0 spiro atoms. The van der Waals surface area contributed by atoms with Crippen molar-refractivity contribution in [2.75, 3.05) is 0 Å². The molecule has 98 valence electrons. The number of carbonyl (C=O) groups is 1. The molecule has 0 aromatic rings. The van der Waals surface area contributed by atoms with Crippen LogP contribution in [0.2, 0.25) is 0 Å². The van der Waals surface area contributed by atoms with Crippen molar-refractivity contribution in [2.45, 2.75) is 71.6 Å². The Kier molecular flexibility index (Phi) is 4.64. The fourth-order valence-corrected chi connectivity index (χ4v) is 4.11. The van der Waals surface area contributed by atoms with E-state index in [0.717, 1.165) is 24.2 Å². The molecule has 0 radical (unpaired) electrons. The first kappa shape index (κ1) is 13.1. The van der Waals surface area contributed by atoms with Crippen molar-refractivity contribution in [3.8, 4) is 0 Å². The van der Waals surface area contributed by atoms with Crippen LogP contribution in [0, 0.1) is 23.7 Å². The van der Waals surface area contributed by atoms with Gasteiger partial charge in [0.05, 0.1) is 0 Å². The quantitative estimate of drug-likeness (QED) is 0.700. The zero-order valence-corrected chi connectivity index (χ0v) is 11.6. The molecule has 0 aliphatic heterocycles. The summed E-state index contributed by atoms with van der Waals surface area (Å²) in [5.74, 6) is 3.46. The van der Waals surface area contributed by atoms with Crippen LogP contribution in [0.4, 0.5) is 0 Å². The van der Waals surface area contributed by atoms with E-state index in [1.165, 1.54) is 51.4 Å². The minimum Gasteiger partial charge on any atom is -0.299 e. The maximum atomic E-state index is 12.2. The Hall–Kier alpha value is -0.330. The summed E-state index contributed by atoms with van der Waals surface area (Å²) in [6.07, 6.45) is 11.3. The maximum Gasteiger partial charge on any atom is 0.136 e. The predicted octanol–water partition coefficient (Wildman–Crippen LogP) is 4.60. The van der Waals surface area contributed by atoms with Crippen molar-refractivity contribution in [1.29, 1.82) is 0 Å². The number of hydrogen-bond donors (Lipinski definition) is 0. The number of rotatable bonds is 3. The summed E-state index contributed by atoms with van der Waals surface area (Å²) in [4.78, 5) is 12.2. The van der Waals surface area contributed by atoms with Crippen LogP contribution in [0.1, 0.15) is 71.6 Å². The maximum absolute atomic E-state index is 12.2. The Balaban J connectivity index is 1.94. The predicted molar refractivity (Wildman–Crippen MR) is 71.9 cm³/mol. The second-order valence-corrected chi connectivity index (χ2v) is 6.53. The number of carbonyl (C=O) groups excluding carboxylic acids is 1. The molecule has 2 aliphatic rings. The molecular weight excluding hydrogens is 208 g/mol. The summed E-state index contributed by atoms with van der Waals surface area (Å²) >= 11 is 0. The number of Topliss-reactive ketones (excluding diaryl/α,β-unsaturated/α-hetero) is 1. The third-order valence-electron chi connectivity index (χ3n) is 5.04. The first-order chi connectivity index (χ1) is 8.20. The molecule has 2 rings (SSSR count). The highest BCUT2D eigenvalue weighted by molar-refractivity contribution is 5.82. The van der Waals surface area contributed by atoms with E-state index >= 15 is 0 Å². The van der Waals surface area contributed by atoms with Crippen molar-refractivity contribution >= 4 is 5.78 Å². The van der Waals surface area contributed by atoms with Gasteiger partial charge in [0, 0.05) is 12.3 Å². The second-order valence-electron chi connectivity index (χ2n) is 6.53. The molecule has 4 atom stereocenters. The van der Waals surface area contributed by atoms with Gasteiger partial charge in [-0.25, -0.2) is 0 Å². The van der Waals surface area contributed by atoms with E-state index < -0.39 is 0 Å². The smallest absolute Gasteiger partial charge is 0.136 e. The van der Waals surface area contributed by atoms with E-state index in [2.05, 4.69) is 13.8 Å². The summed E-state index contributed by atoms with van der Waals surface area (Å²) in [5.41, 5.74) is 0. The highest BCUT2D eigenvalue weighted by Gasteiger charge is 2.35. The fourth-order valence-electron chi connectivity index (χ4n) is 4.11. The van der Waals surface area contributed by atoms with Crippen LogP contribution >= 0.6 is 0 Å². The Morgan fingerprint density at radius 2 is 2.00 bits per heavy atom. The molecule has 0 N–H and O–H groups in total. The third kappa shape index (κ3) is 3.33. The van der Waals surface area contributed by atoms with Gasteiger partial charge < -0.3 is 0 Å². The summed E-state index contributed by atoms with van der Waals surface area (Å²) in [5, 5.41) is 0. The fraction of sp³-hybridized carbons (Fsp3) is 0.938. The third-order valence-corrected chi connectivity index (χ3v) is 5.04. The first-order valence-electron chi connectivity index (χ1n) is 7.73. The highest BCUT2D eigenvalue weighted by Crippen LogP contribution is 2.41. The lowest BCUT2D eigenvalue weighted by atomic mass is 9.67. The van der Waals surface area contributed by atoms with Gasteiger partial charge in [-0.3, -0.25) is 4.79 Å². The lowest BCUT2D eigenvalue weighted by Crippen LogP contribution is -2.33. The average molecular weight is 236 g/mol. The van der Waals surface area contributed by atoms with Crippen molar-refractivity contribution in [3.63, 3.8) is 0 Å². The molecule has 0 amide bonds. The minimum atomic E-state index is 0.433. The summed E-state index contributed by atoms with van der Waals surface area (Å²) in [6.45, 7) is 4.64. The van der Waals surface area contributed by atoms with Crippen LogP contribution in [0.25, 0.3) is 0 Å². The largest absolute Gasteiger partial charge is 0.299 e. The van der Waals surface area contributed by atoms with Crippen molar-refractivity contribution in [3.05, 3.63) is 0 Å². The average Bonchev–Trinajstić information content (AvgIpc) is 2.32. The standard InChI is InChI=1S/C16H28O/c1-3-5-13-8-9-16(17)15(11-13)14-7-4-6-12(2)10-14/h12-15H,3-11H2,1-2H3. The van der Waals surface area contributed by atoms with Crippen LogP contribution < -0.4 is 0 Å². The van der Waals surface area contributed by atoms with Gasteiger partial charge in [-0.2, -0.15) is 0 Å². The Morgan fingerprint density at radius 1 is 1.18 bits per heavy atom. The first-order valence-corrected chi connectivity index (χ1v) is 7.73. The van der Waals surface area contributed by atoms with Gasteiger partial charge in [0.25, 0.3) is 0 Å². The van der Waals surface area contributed by atoms with Gasteiger partial charge in [0.1, 0.15) is 5.78 Å². The molecular formula is C16H28O. The van der Waals surface area contributed by atoms with Crippen LogP contribution in [-0.4, -0.2) is 5.78 Å². The van der Waals surface area contributed by atoms with Crippen LogP contribution in [-0.2, 0) is 4.79 Å². The lowest BCUT2D eigenvalue weighted by Gasteiger charge is -2.37. The molecule has 0 saturated heterocycles. The monoisotopic (exact) mass is 236 g/mol. The molecule has 0 aromatic carbocycles. The molecule has 1 heteroatoms. The van der Waals surface area contributed by atoms with Crippen molar-refractivity contribution in [1.82, 2.24) is 0 Å². The highest BCUT2D eigenvalue weighted by atomic mass is 16.1. The van der Waals surface area contributed by atoms with Gasteiger partial charge in [-0.1, -0.05) is 39.5 Å². The van der Waals surface area contributed by atoms with E-state index in [-0.39, 0.29) is 0 Å². The number of ketones is 1. The van der Waals surface area contributed by atoms with E-state index in [1.54, 1.807) is 0 Å². The minimum absolute atomic E-state index is 0.433. The lowest BCUT2D eigenvalue weighted by molar-refractivity contribution is -0.128. The molecule has 0 heterocycles. The van der Waals surface area contributed by atoms with Gasteiger partial charge in [-0.05, 0) is 43.4 Å². The topological polar surface area (TPSA) is 17.1 Å². The summed E-state index contributed by atoms with van der Waals surface area (Å²) in [7, 11) is 0. The van der Waals surface area contributed by atoms with Crippen molar-refractivity contribution < 1.29 is 4.79 Å². The molecule has 0 aromatic heterocycles. The van der Waals surface area contributed by atoms with Gasteiger partial charge >= 0.3 is 0 Å². The van der Waals surface area contributed by atoms with Gasteiger partial charge in [0.15, 0.2) is 0 Å². The van der Waals surface area contributed by atoms with Crippen LogP contribution in [0.3, 0.4) is 0 Å². The molecule has 2 saturated carbocycles. The Morgan fingerprint density at radius 3 is 2.71 bits per heavy atom. The van der Waals surface area contributed by atoms with Crippen molar-refractivity contribution in [2.24, 2.45) is 23.7 Å². The second kappa shape index (κ2) is 6.02.